The molecule has 0 aliphatic rings. The summed E-state index contributed by atoms with van der Waals surface area (Å²) in [6.45, 7) is 3.98. The number of amides is 1. The number of hydrogen-bond acceptors (Lipinski definition) is 5. The van der Waals surface area contributed by atoms with Gasteiger partial charge in [0.15, 0.2) is 0 Å². The Kier molecular flexibility index (Phi) is 5.57. The van der Waals surface area contributed by atoms with E-state index in [2.05, 4.69) is 20.6 Å². The Balaban J connectivity index is 1.49. The highest BCUT2D eigenvalue weighted by atomic mass is 16.5. The van der Waals surface area contributed by atoms with E-state index in [1.54, 1.807) is 24.7 Å². The summed E-state index contributed by atoms with van der Waals surface area (Å²) in [7, 11) is 0. The molecule has 0 radical (unpaired) electrons. The number of ether oxygens (including phenoxy) is 1. The summed E-state index contributed by atoms with van der Waals surface area (Å²) >= 11 is 0. The number of nitrogens with zero attached hydrogens (tertiary/aromatic N) is 2. The van der Waals surface area contributed by atoms with Crippen LogP contribution >= 0.6 is 0 Å². The number of aromatic nitrogens is 2. The third-order valence-corrected chi connectivity index (χ3v) is 4.40. The van der Waals surface area contributed by atoms with Crippen LogP contribution in [0.25, 0.3) is 10.9 Å². The van der Waals surface area contributed by atoms with E-state index in [1.165, 1.54) is 0 Å². The lowest BCUT2D eigenvalue weighted by Crippen LogP contribution is -2.13. The molecule has 2 N–H and O–H groups in total. The van der Waals surface area contributed by atoms with E-state index < -0.39 is 0 Å². The summed E-state index contributed by atoms with van der Waals surface area (Å²) in [4.78, 5) is 21.4. The number of anilines is 3. The van der Waals surface area contributed by atoms with E-state index in [-0.39, 0.29) is 12.0 Å². The van der Waals surface area contributed by atoms with Crippen molar-refractivity contribution < 1.29 is 9.53 Å². The van der Waals surface area contributed by atoms with Gasteiger partial charge < -0.3 is 15.4 Å². The minimum absolute atomic E-state index is 0.125. The van der Waals surface area contributed by atoms with Gasteiger partial charge >= 0.3 is 0 Å². The van der Waals surface area contributed by atoms with Crippen molar-refractivity contribution in [2.45, 2.75) is 20.0 Å². The van der Waals surface area contributed by atoms with Crippen LogP contribution in [0.3, 0.4) is 0 Å². The van der Waals surface area contributed by atoms with Crippen molar-refractivity contribution in [1.29, 1.82) is 0 Å². The van der Waals surface area contributed by atoms with Gasteiger partial charge in [-0.25, -0.2) is 0 Å². The molecule has 6 nitrogen and oxygen atoms in total. The Morgan fingerprint density at radius 1 is 0.967 bits per heavy atom. The normalized spacial score (nSPS) is 10.8. The Morgan fingerprint density at radius 2 is 1.77 bits per heavy atom. The van der Waals surface area contributed by atoms with Gasteiger partial charge in [-0.15, -0.1) is 0 Å². The van der Waals surface area contributed by atoms with Crippen molar-refractivity contribution in [2.24, 2.45) is 0 Å². The molecule has 150 valence electrons. The molecule has 0 atom stereocenters. The number of hydrogen-bond donors (Lipinski definition) is 2. The van der Waals surface area contributed by atoms with Crippen LogP contribution in [0.5, 0.6) is 5.75 Å². The van der Waals surface area contributed by atoms with Crippen LogP contribution in [0.15, 0.2) is 79.3 Å². The van der Waals surface area contributed by atoms with Gasteiger partial charge in [0.2, 0.25) is 0 Å². The third-order valence-electron chi connectivity index (χ3n) is 4.40. The summed E-state index contributed by atoms with van der Waals surface area (Å²) in [5, 5.41) is 7.16. The van der Waals surface area contributed by atoms with E-state index in [4.69, 9.17) is 4.74 Å². The van der Waals surface area contributed by atoms with Gasteiger partial charge in [-0.2, -0.15) is 0 Å². The maximum atomic E-state index is 12.8. The first-order valence-electron chi connectivity index (χ1n) is 9.72. The van der Waals surface area contributed by atoms with Crippen molar-refractivity contribution in [3.8, 4) is 5.75 Å². The lowest BCUT2D eigenvalue weighted by molar-refractivity contribution is 0.102. The van der Waals surface area contributed by atoms with Gasteiger partial charge in [0.1, 0.15) is 5.75 Å². The van der Waals surface area contributed by atoms with Crippen molar-refractivity contribution in [2.75, 3.05) is 10.6 Å². The first-order chi connectivity index (χ1) is 14.6. The summed E-state index contributed by atoms with van der Waals surface area (Å²) < 4.78 is 5.66. The fourth-order valence-corrected chi connectivity index (χ4v) is 3.09. The Morgan fingerprint density at radius 3 is 2.57 bits per heavy atom. The van der Waals surface area contributed by atoms with Crippen LogP contribution in [-0.4, -0.2) is 22.0 Å². The molecule has 1 amide bonds. The molecule has 0 saturated heterocycles. The fraction of sp³-hybridized carbons (Fsp3) is 0.125. The van der Waals surface area contributed by atoms with Crippen molar-refractivity contribution in [3.05, 3.63) is 84.8 Å². The smallest absolute Gasteiger partial charge is 0.257 e. The molecule has 0 bridgehead atoms. The number of para-hydroxylation sites is 1. The van der Waals surface area contributed by atoms with Gasteiger partial charge in [-0.05, 0) is 56.3 Å². The van der Waals surface area contributed by atoms with Crippen molar-refractivity contribution >= 4 is 33.9 Å². The maximum Gasteiger partial charge on any atom is 0.257 e. The lowest BCUT2D eigenvalue weighted by Gasteiger charge is -2.12. The first-order valence-corrected chi connectivity index (χ1v) is 9.72. The lowest BCUT2D eigenvalue weighted by atomic mass is 10.1. The van der Waals surface area contributed by atoms with Gasteiger partial charge in [-0.3, -0.25) is 14.8 Å². The second kappa shape index (κ2) is 8.61. The van der Waals surface area contributed by atoms with Crippen LogP contribution in [0.2, 0.25) is 0 Å². The second-order valence-electron chi connectivity index (χ2n) is 7.11. The number of pyridine rings is 2. The zero-order valence-corrected chi connectivity index (χ0v) is 16.8. The van der Waals surface area contributed by atoms with Crippen molar-refractivity contribution in [1.82, 2.24) is 9.97 Å². The number of benzene rings is 2. The molecule has 2 heterocycles. The largest absolute Gasteiger partial charge is 0.491 e. The molecule has 0 fully saturated rings. The summed E-state index contributed by atoms with van der Waals surface area (Å²) in [6.07, 6.45) is 5.05. The van der Waals surface area contributed by atoms with E-state index in [0.29, 0.717) is 11.3 Å². The SMILES string of the molecule is CC(C)Oc1ccc(Nc2cncc(C(=O)Nc3cccc4cccnc34)c2)cc1. The summed E-state index contributed by atoms with van der Waals surface area (Å²) in [5.41, 5.74) is 3.46. The average Bonchev–Trinajstić information content (AvgIpc) is 2.75. The molecule has 6 heteroatoms. The monoisotopic (exact) mass is 398 g/mol. The zero-order valence-electron chi connectivity index (χ0n) is 16.8. The third kappa shape index (κ3) is 4.55. The quantitative estimate of drug-likeness (QED) is 0.454. The molecule has 0 saturated carbocycles. The molecular formula is C24H22N4O2. The minimum atomic E-state index is -0.245. The van der Waals surface area contributed by atoms with Crippen LogP contribution in [0, 0.1) is 0 Å². The molecule has 4 aromatic rings. The standard InChI is InChI=1S/C24H22N4O2/c1-16(2)30-21-10-8-19(9-11-21)27-20-13-18(14-25-15-20)24(29)28-22-7-3-5-17-6-4-12-26-23(17)22/h3-16,27H,1-2H3,(H,28,29). The molecule has 0 aliphatic heterocycles. The van der Waals surface area contributed by atoms with E-state index in [9.17, 15) is 4.79 Å². The average molecular weight is 398 g/mol. The number of rotatable bonds is 6. The highest BCUT2D eigenvalue weighted by Crippen LogP contribution is 2.23. The predicted octanol–water partition coefficient (Wildman–Crippen LogP) is 5.41. The van der Waals surface area contributed by atoms with Gasteiger partial charge in [0.25, 0.3) is 5.91 Å². The Bertz CT molecular complexity index is 1170. The van der Waals surface area contributed by atoms with Crippen LogP contribution in [0.4, 0.5) is 17.1 Å². The minimum Gasteiger partial charge on any atom is -0.491 e. The molecular weight excluding hydrogens is 376 g/mol. The maximum absolute atomic E-state index is 12.8. The summed E-state index contributed by atoms with van der Waals surface area (Å²) in [6, 6.07) is 18.9. The van der Waals surface area contributed by atoms with E-state index in [1.807, 2.05) is 68.4 Å². The topological polar surface area (TPSA) is 76.1 Å². The van der Waals surface area contributed by atoms with Crippen LogP contribution in [0.1, 0.15) is 24.2 Å². The highest BCUT2D eigenvalue weighted by Gasteiger charge is 2.10. The molecule has 4 rings (SSSR count). The highest BCUT2D eigenvalue weighted by molar-refractivity contribution is 6.08. The van der Waals surface area contributed by atoms with Gasteiger partial charge in [0, 0.05) is 23.5 Å². The molecule has 30 heavy (non-hydrogen) atoms. The van der Waals surface area contributed by atoms with Crippen LogP contribution < -0.4 is 15.4 Å². The number of nitrogens with one attached hydrogen (secondary N) is 2. The number of carbonyl (C=O) groups excluding carboxylic acids is 1. The number of carbonyl (C=O) groups is 1. The second-order valence-corrected chi connectivity index (χ2v) is 7.11. The molecule has 0 aliphatic carbocycles. The van der Waals surface area contributed by atoms with Gasteiger partial charge in [-0.1, -0.05) is 18.2 Å². The summed E-state index contributed by atoms with van der Waals surface area (Å²) in [5.74, 6) is 0.565. The van der Waals surface area contributed by atoms with Crippen molar-refractivity contribution in [3.63, 3.8) is 0 Å². The fourth-order valence-electron chi connectivity index (χ4n) is 3.09. The van der Waals surface area contributed by atoms with Gasteiger partial charge in [0.05, 0.1) is 34.8 Å². The Hall–Kier alpha value is -3.93. The van der Waals surface area contributed by atoms with E-state index in [0.717, 1.165) is 28.0 Å². The first kappa shape index (κ1) is 19.4. The molecule has 2 aromatic heterocycles. The van der Waals surface area contributed by atoms with Crippen LogP contribution in [-0.2, 0) is 0 Å². The van der Waals surface area contributed by atoms with E-state index >= 15 is 0 Å². The molecule has 0 unspecified atom stereocenters. The molecule has 2 aromatic carbocycles. The number of fused-ring (bicyclic) bond motifs is 1. The molecule has 0 spiro atoms. The zero-order chi connectivity index (χ0) is 20.9. The predicted molar refractivity (Wildman–Crippen MR) is 119 cm³/mol. The Labute approximate surface area is 175 Å².